The molecule has 0 aliphatic carbocycles. The molecule has 0 spiro atoms. The van der Waals surface area contributed by atoms with E-state index in [2.05, 4.69) is 9.98 Å². The number of aliphatic imine (C=N–C) groups is 1. The fourth-order valence-electron chi connectivity index (χ4n) is 2.38. The zero-order valence-corrected chi connectivity index (χ0v) is 13.7. The van der Waals surface area contributed by atoms with Gasteiger partial charge < -0.3 is 4.57 Å². The van der Waals surface area contributed by atoms with E-state index in [1.807, 2.05) is 51.1 Å². The van der Waals surface area contributed by atoms with E-state index in [1.54, 1.807) is 20.4 Å². The lowest BCUT2D eigenvalue weighted by atomic mass is 9.98. The van der Waals surface area contributed by atoms with Crippen molar-refractivity contribution in [2.45, 2.75) is 20.8 Å². The highest BCUT2D eigenvalue weighted by molar-refractivity contribution is 6.12. The van der Waals surface area contributed by atoms with Gasteiger partial charge in [0.15, 0.2) is 0 Å². The molecule has 2 aromatic rings. The third-order valence-corrected chi connectivity index (χ3v) is 3.86. The molecule has 4 heteroatoms. The Morgan fingerprint density at radius 3 is 2.68 bits per heavy atom. The van der Waals surface area contributed by atoms with Crippen molar-refractivity contribution in [3.63, 3.8) is 0 Å². The molecule has 0 aliphatic rings. The second-order valence-electron chi connectivity index (χ2n) is 5.25. The molecule has 0 fully saturated rings. The Balaban J connectivity index is 2.64. The third kappa shape index (κ3) is 2.91. The Labute approximate surface area is 130 Å². The van der Waals surface area contributed by atoms with Crippen molar-refractivity contribution in [3.05, 3.63) is 58.2 Å². The fourth-order valence-corrected chi connectivity index (χ4v) is 2.38. The first-order valence-corrected chi connectivity index (χ1v) is 7.22. The summed E-state index contributed by atoms with van der Waals surface area (Å²) in [5.74, 6) is 0. The molecule has 4 nitrogen and oxygen atoms in total. The van der Waals surface area contributed by atoms with Crippen LogP contribution < -0.4 is 5.56 Å². The molecule has 0 saturated heterocycles. The molecule has 0 amide bonds. The van der Waals surface area contributed by atoms with Crippen LogP contribution in [-0.2, 0) is 7.05 Å². The Bertz CT molecular complexity index is 854. The van der Waals surface area contributed by atoms with E-state index in [0.717, 1.165) is 27.9 Å². The molecule has 1 heterocycles. The molecule has 0 unspecified atom stereocenters. The number of benzene rings is 1. The van der Waals surface area contributed by atoms with Crippen LogP contribution in [0, 0.1) is 0 Å². The maximum atomic E-state index is 12.2. The highest BCUT2D eigenvalue weighted by Gasteiger charge is 2.08. The minimum Gasteiger partial charge on any atom is -0.302 e. The predicted octanol–water partition coefficient (Wildman–Crippen LogP) is 3.37. The van der Waals surface area contributed by atoms with Crippen molar-refractivity contribution in [1.29, 1.82) is 0 Å². The standard InChI is InChI=1S/C18H21N3O/c1-6-7-16(19-4)13(3)12(2)14-8-9-17-15(10-14)18(22)21(5)11-20-17/h6-11H,1-5H3/b7-6-,13-12-,19-16+. The van der Waals surface area contributed by atoms with Crippen molar-refractivity contribution >= 4 is 22.2 Å². The lowest BCUT2D eigenvalue weighted by Gasteiger charge is -2.09. The second kappa shape index (κ2) is 6.52. The van der Waals surface area contributed by atoms with Crippen LogP contribution in [0.1, 0.15) is 26.3 Å². The Morgan fingerprint density at radius 2 is 2.05 bits per heavy atom. The zero-order valence-electron chi connectivity index (χ0n) is 13.7. The predicted molar refractivity (Wildman–Crippen MR) is 93.4 cm³/mol. The highest BCUT2D eigenvalue weighted by atomic mass is 16.1. The van der Waals surface area contributed by atoms with E-state index in [4.69, 9.17) is 0 Å². The smallest absolute Gasteiger partial charge is 0.260 e. The maximum Gasteiger partial charge on any atom is 0.260 e. The van der Waals surface area contributed by atoms with Gasteiger partial charge >= 0.3 is 0 Å². The van der Waals surface area contributed by atoms with Crippen molar-refractivity contribution in [2.24, 2.45) is 12.0 Å². The quantitative estimate of drug-likeness (QED) is 0.815. The average Bonchev–Trinajstić information content (AvgIpc) is 2.54. The van der Waals surface area contributed by atoms with Gasteiger partial charge in [-0.05, 0) is 55.7 Å². The summed E-state index contributed by atoms with van der Waals surface area (Å²) < 4.78 is 1.50. The Morgan fingerprint density at radius 1 is 1.32 bits per heavy atom. The number of hydrogen-bond donors (Lipinski definition) is 0. The molecule has 0 aliphatic heterocycles. The number of rotatable bonds is 3. The Kier molecular flexibility index (Phi) is 4.71. The summed E-state index contributed by atoms with van der Waals surface area (Å²) in [5, 5.41) is 0.635. The largest absolute Gasteiger partial charge is 0.302 e. The summed E-state index contributed by atoms with van der Waals surface area (Å²) in [6.45, 7) is 6.06. The number of allylic oxidation sites excluding steroid dienone is 4. The summed E-state index contributed by atoms with van der Waals surface area (Å²) in [7, 11) is 3.50. The topological polar surface area (TPSA) is 47.2 Å². The molecule has 2 rings (SSSR count). The van der Waals surface area contributed by atoms with Crippen LogP contribution in [0.25, 0.3) is 16.5 Å². The number of aromatic nitrogens is 2. The molecular formula is C18H21N3O. The molecule has 0 atom stereocenters. The molecule has 1 aromatic heterocycles. The monoisotopic (exact) mass is 295 g/mol. The van der Waals surface area contributed by atoms with Gasteiger partial charge in [0, 0.05) is 14.1 Å². The van der Waals surface area contributed by atoms with Gasteiger partial charge in [0.1, 0.15) is 0 Å². The SMILES string of the molecule is C\C=C/C(=N\C)C(/C)=C(/C)c1ccc2ncn(C)c(=O)c2c1. The first kappa shape index (κ1) is 15.9. The number of hydrogen-bond acceptors (Lipinski definition) is 3. The van der Waals surface area contributed by atoms with E-state index in [1.165, 1.54) is 4.57 Å². The average molecular weight is 295 g/mol. The summed E-state index contributed by atoms with van der Waals surface area (Å²) in [6, 6.07) is 5.80. The molecule has 0 radical (unpaired) electrons. The van der Waals surface area contributed by atoms with Crippen LogP contribution in [0.3, 0.4) is 0 Å². The first-order valence-electron chi connectivity index (χ1n) is 7.22. The van der Waals surface area contributed by atoms with Gasteiger partial charge in [0.25, 0.3) is 5.56 Å². The normalized spacial score (nSPS) is 13.8. The zero-order chi connectivity index (χ0) is 16.3. The van der Waals surface area contributed by atoms with E-state index < -0.39 is 0 Å². The first-order chi connectivity index (χ1) is 10.5. The van der Waals surface area contributed by atoms with Crippen molar-refractivity contribution in [3.8, 4) is 0 Å². The van der Waals surface area contributed by atoms with Gasteiger partial charge in [0.05, 0.1) is 22.9 Å². The minimum absolute atomic E-state index is 0.0323. The molecule has 22 heavy (non-hydrogen) atoms. The lowest BCUT2D eigenvalue weighted by molar-refractivity contribution is 0.843. The van der Waals surface area contributed by atoms with Gasteiger partial charge in [-0.1, -0.05) is 12.1 Å². The van der Waals surface area contributed by atoms with Gasteiger partial charge in [-0.3, -0.25) is 9.79 Å². The molecule has 0 saturated carbocycles. The fraction of sp³-hybridized carbons (Fsp3) is 0.278. The van der Waals surface area contributed by atoms with Crippen LogP contribution in [0.5, 0.6) is 0 Å². The Hall–Kier alpha value is -2.49. The number of nitrogens with zero attached hydrogens (tertiary/aromatic N) is 3. The highest BCUT2D eigenvalue weighted by Crippen LogP contribution is 2.22. The van der Waals surface area contributed by atoms with Gasteiger partial charge in [0.2, 0.25) is 0 Å². The second-order valence-corrected chi connectivity index (χ2v) is 5.25. The van der Waals surface area contributed by atoms with Gasteiger partial charge in [-0.2, -0.15) is 0 Å². The van der Waals surface area contributed by atoms with Crippen molar-refractivity contribution < 1.29 is 0 Å². The van der Waals surface area contributed by atoms with E-state index in [9.17, 15) is 4.79 Å². The minimum atomic E-state index is -0.0323. The summed E-state index contributed by atoms with van der Waals surface area (Å²) in [5.41, 5.74) is 4.84. The molecule has 0 N–H and O–H groups in total. The van der Waals surface area contributed by atoms with E-state index >= 15 is 0 Å². The van der Waals surface area contributed by atoms with E-state index in [-0.39, 0.29) is 5.56 Å². The van der Waals surface area contributed by atoms with Crippen molar-refractivity contribution in [2.75, 3.05) is 7.05 Å². The van der Waals surface area contributed by atoms with Crippen LogP contribution >= 0.6 is 0 Å². The lowest BCUT2D eigenvalue weighted by Crippen LogP contribution is -2.16. The molecular weight excluding hydrogens is 274 g/mol. The van der Waals surface area contributed by atoms with Crippen LogP contribution in [0.2, 0.25) is 0 Å². The van der Waals surface area contributed by atoms with Gasteiger partial charge in [-0.15, -0.1) is 0 Å². The number of aryl methyl sites for hydroxylation is 1. The van der Waals surface area contributed by atoms with E-state index in [0.29, 0.717) is 5.39 Å². The summed E-state index contributed by atoms with van der Waals surface area (Å²) in [4.78, 5) is 20.8. The summed E-state index contributed by atoms with van der Waals surface area (Å²) >= 11 is 0. The van der Waals surface area contributed by atoms with Crippen LogP contribution in [0.4, 0.5) is 0 Å². The van der Waals surface area contributed by atoms with Crippen LogP contribution in [-0.4, -0.2) is 22.3 Å². The molecule has 1 aromatic carbocycles. The maximum absolute atomic E-state index is 12.2. The van der Waals surface area contributed by atoms with Gasteiger partial charge in [-0.25, -0.2) is 4.98 Å². The third-order valence-electron chi connectivity index (χ3n) is 3.86. The molecule has 114 valence electrons. The molecule has 0 bridgehead atoms. The van der Waals surface area contributed by atoms with Crippen molar-refractivity contribution in [1.82, 2.24) is 9.55 Å². The number of fused-ring (bicyclic) bond motifs is 1. The van der Waals surface area contributed by atoms with Crippen LogP contribution in [0.15, 0.2) is 52.0 Å². The summed E-state index contributed by atoms with van der Waals surface area (Å²) in [6.07, 6.45) is 5.51.